The van der Waals surface area contributed by atoms with Crippen LogP contribution in [0.5, 0.6) is 0 Å². The zero-order valence-electron chi connectivity index (χ0n) is 13.4. The van der Waals surface area contributed by atoms with Crippen molar-refractivity contribution in [1.29, 1.82) is 0 Å². The van der Waals surface area contributed by atoms with Crippen LogP contribution in [0.1, 0.15) is 11.6 Å². The molecule has 3 heterocycles. The van der Waals surface area contributed by atoms with Crippen molar-refractivity contribution in [2.24, 2.45) is 0 Å². The number of amides is 1. The predicted molar refractivity (Wildman–Crippen MR) is 93.0 cm³/mol. The van der Waals surface area contributed by atoms with E-state index in [0.29, 0.717) is 17.8 Å². The molecule has 0 aliphatic rings. The Hall–Kier alpha value is -3.48. The molecule has 1 amide bonds. The highest BCUT2D eigenvalue weighted by Gasteiger charge is 2.21. The number of nitrogens with zero attached hydrogens (tertiary/aromatic N) is 5. The number of fused-ring (bicyclic) bond motifs is 1. The van der Waals surface area contributed by atoms with E-state index in [1.54, 1.807) is 18.3 Å². The summed E-state index contributed by atoms with van der Waals surface area (Å²) in [7, 11) is 0. The van der Waals surface area contributed by atoms with E-state index in [4.69, 9.17) is 0 Å². The molecule has 0 aliphatic carbocycles. The number of carbonyl (C=O) groups excluding carboxylic acids is 1. The number of hydrogen-bond acceptors (Lipinski definition) is 4. The van der Waals surface area contributed by atoms with Crippen molar-refractivity contribution in [3.63, 3.8) is 0 Å². The van der Waals surface area contributed by atoms with Crippen molar-refractivity contribution in [1.82, 2.24) is 24.6 Å². The second-order valence-electron chi connectivity index (χ2n) is 5.69. The van der Waals surface area contributed by atoms with Crippen LogP contribution in [-0.4, -0.2) is 30.5 Å². The molecule has 0 bridgehead atoms. The van der Waals surface area contributed by atoms with Gasteiger partial charge in [0.1, 0.15) is 6.04 Å². The first kappa shape index (κ1) is 15.1. The topological polar surface area (TPSA) is 77.1 Å². The van der Waals surface area contributed by atoms with Crippen LogP contribution in [0.3, 0.4) is 0 Å². The number of nitrogens with one attached hydrogen (secondary N) is 1. The van der Waals surface area contributed by atoms with E-state index < -0.39 is 0 Å². The number of carbonyl (C=O) groups is 1. The number of pyridine rings is 1. The highest BCUT2D eigenvalue weighted by atomic mass is 16.2. The molecule has 1 unspecified atom stereocenters. The van der Waals surface area contributed by atoms with E-state index in [2.05, 4.69) is 20.8 Å². The molecule has 0 aliphatic heterocycles. The van der Waals surface area contributed by atoms with Crippen LogP contribution in [0.25, 0.3) is 5.65 Å². The summed E-state index contributed by atoms with van der Waals surface area (Å²) in [5.74, 6) is -0.115. The number of anilines is 1. The SMILES string of the molecule is O=C(Nc1cccn2nnnc12)C(Cc1ccccc1)n1cccc1. The summed E-state index contributed by atoms with van der Waals surface area (Å²) in [6.45, 7) is 0. The lowest BCUT2D eigenvalue weighted by atomic mass is 10.1. The molecule has 4 rings (SSSR count). The van der Waals surface area contributed by atoms with Crippen molar-refractivity contribution in [3.05, 3.63) is 78.8 Å². The third-order valence-corrected chi connectivity index (χ3v) is 4.04. The molecule has 0 radical (unpaired) electrons. The fraction of sp³-hybridized carbons (Fsp3) is 0.111. The molecule has 0 fully saturated rings. The average molecular weight is 332 g/mol. The van der Waals surface area contributed by atoms with Gasteiger partial charge in [-0.3, -0.25) is 4.79 Å². The summed E-state index contributed by atoms with van der Waals surface area (Å²) in [4.78, 5) is 13.0. The lowest BCUT2D eigenvalue weighted by Gasteiger charge is -2.19. The number of aromatic nitrogens is 5. The van der Waals surface area contributed by atoms with Gasteiger partial charge in [0.15, 0.2) is 0 Å². The lowest BCUT2D eigenvalue weighted by Crippen LogP contribution is -2.27. The number of benzene rings is 1. The second kappa shape index (κ2) is 6.56. The van der Waals surface area contributed by atoms with Crippen LogP contribution < -0.4 is 5.32 Å². The predicted octanol–water partition coefficient (Wildman–Crippen LogP) is 2.35. The molecule has 25 heavy (non-hydrogen) atoms. The minimum Gasteiger partial charge on any atom is -0.342 e. The van der Waals surface area contributed by atoms with E-state index in [-0.39, 0.29) is 11.9 Å². The summed E-state index contributed by atoms with van der Waals surface area (Å²) in [6.07, 6.45) is 6.12. The van der Waals surface area contributed by atoms with Gasteiger partial charge in [0.25, 0.3) is 0 Å². The van der Waals surface area contributed by atoms with E-state index in [9.17, 15) is 4.79 Å². The summed E-state index contributed by atoms with van der Waals surface area (Å²) >= 11 is 0. The highest BCUT2D eigenvalue weighted by molar-refractivity contribution is 5.96. The molecule has 4 aromatic rings. The third kappa shape index (κ3) is 3.12. The normalized spacial score (nSPS) is 12.2. The molecule has 3 aromatic heterocycles. The van der Waals surface area contributed by atoms with E-state index >= 15 is 0 Å². The molecule has 7 heteroatoms. The molecule has 0 spiro atoms. The monoisotopic (exact) mass is 332 g/mol. The molecular formula is C18H16N6O. The highest BCUT2D eigenvalue weighted by Crippen LogP contribution is 2.19. The van der Waals surface area contributed by atoms with Crippen molar-refractivity contribution < 1.29 is 4.79 Å². The van der Waals surface area contributed by atoms with Crippen LogP contribution in [0.4, 0.5) is 5.69 Å². The molecule has 7 nitrogen and oxygen atoms in total. The van der Waals surface area contributed by atoms with Crippen LogP contribution >= 0.6 is 0 Å². The molecule has 1 N–H and O–H groups in total. The summed E-state index contributed by atoms with van der Waals surface area (Å²) < 4.78 is 3.43. The quantitative estimate of drug-likeness (QED) is 0.608. The van der Waals surface area contributed by atoms with Crippen LogP contribution in [-0.2, 0) is 11.2 Å². The number of hydrogen-bond donors (Lipinski definition) is 1. The fourth-order valence-corrected chi connectivity index (χ4v) is 2.81. The number of rotatable bonds is 5. The first-order chi connectivity index (χ1) is 12.3. The van der Waals surface area contributed by atoms with Gasteiger partial charge in [-0.15, -0.1) is 5.10 Å². The Labute approximate surface area is 143 Å². The summed E-state index contributed by atoms with van der Waals surface area (Å²) in [6, 6.07) is 17.0. The summed E-state index contributed by atoms with van der Waals surface area (Å²) in [5.41, 5.74) is 2.20. The average Bonchev–Trinajstić information content (AvgIpc) is 3.32. The maximum atomic E-state index is 13.0. The molecule has 0 saturated heterocycles. The van der Waals surface area contributed by atoms with Crippen molar-refractivity contribution in [2.75, 3.05) is 5.32 Å². The first-order valence-corrected chi connectivity index (χ1v) is 7.95. The van der Waals surface area contributed by atoms with E-state index in [1.165, 1.54) is 4.52 Å². The van der Waals surface area contributed by atoms with Crippen LogP contribution in [0, 0.1) is 0 Å². The Bertz CT molecular complexity index is 977. The Morgan fingerprint density at radius 1 is 1.00 bits per heavy atom. The van der Waals surface area contributed by atoms with Gasteiger partial charge in [-0.1, -0.05) is 30.3 Å². The smallest absolute Gasteiger partial charge is 0.247 e. The fourth-order valence-electron chi connectivity index (χ4n) is 2.81. The minimum atomic E-state index is -0.367. The van der Waals surface area contributed by atoms with Crippen LogP contribution in [0.2, 0.25) is 0 Å². The van der Waals surface area contributed by atoms with Gasteiger partial charge in [0.05, 0.1) is 5.69 Å². The molecule has 124 valence electrons. The van der Waals surface area contributed by atoms with Gasteiger partial charge in [-0.2, -0.15) is 4.52 Å². The minimum absolute atomic E-state index is 0.115. The second-order valence-corrected chi connectivity index (χ2v) is 5.69. The Morgan fingerprint density at radius 3 is 2.60 bits per heavy atom. The van der Waals surface area contributed by atoms with Gasteiger partial charge in [0, 0.05) is 25.0 Å². The van der Waals surface area contributed by atoms with Gasteiger partial charge in [0.2, 0.25) is 11.6 Å². The third-order valence-electron chi connectivity index (χ3n) is 4.04. The molecule has 1 aromatic carbocycles. The van der Waals surface area contributed by atoms with Gasteiger partial charge >= 0.3 is 0 Å². The van der Waals surface area contributed by atoms with Gasteiger partial charge in [-0.05, 0) is 40.3 Å². The first-order valence-electron chi connectivity index (χ1n) is 7.95. The maximum Gasteiger partial charge on any atom is 0.247 e. The lowest BCUT2D eigenvalue weighted by molar-refractivity contribution is -0.119. The molecule has 1 atom stereocenters. The zero-order valence-corrected chi connectivity index (χ0v) is 13.4. The van der Waals surface area contributed by atoms with Crippen molar-refractivity contribution >= 4 is 17.2 Å². The zero-order chi connectivity index (χ0) is 17.1. The largest absolute Gasteiger partial charge is 0.342 e. The molecule has 0 saturated carbocycles. The van der Waals surface area contributed by atoms with Gasteiger partial charge < -0.3 is 9.88 Å². The Morgan fingerprint density at radius 2 is 1.80 bits per heavy atom. The van der Waals surface area contributed by atoms with Crippen LogP contribution in [0.15, 0.2) is 73.2 Å². The Kier molecular flexibility index (Phi) is 3.96. The number of tetrazole rings is 1. The Balaban J connectivity index is 1.63. The van der Waals surface area contributed by atoms with Crippen molar-refractivity contribution in [3.8, 4) is 0 Å². The maximum absolute atomic E-state index is 13.0. The van der Waals surface area contributed by atoms with Gasteiger partial charge in [-0.25, -0.2) is 0 Å². The van der Waals surface area contributed by atoms with E-state index in [1.807, 2.05) is 59.4 Å². The molecular weight excluding hydrogens is 316 g/mol. The van der Waals surface area contributed by atoms with Crippen molar-refractivity contribution in [2.45, 2.75) is 12.5 Å². The van der Waals surface area contributed by atoms with E-state index in [0.717, 1.165) is 5.56 Å². The standard InChI is InChI=1S/C18H16N6O/c25-18(19-15-9-6-12-24-17(15)20-21-22-24)16(23-10-4-5-11-23)13-14-7-2-1-3-8-14/h1-12,16H,13H2,(H,19,25). The summed E-state index contributed by atoms with van der Waals surface area (Å²) in [5, 5.41) is 14.4.